The fourth-order valence-corrected chi connectivity index (χ4v) is 2.92. The van der Waals surface area contributed by atoms with Gasteiger partial charge in [-0.25, -0.2) is 9.97 Å². The summed E-state index contributed by atoms with van der Waals surface area (Å²) in [6.45, 7) is 4.31. The molecule has 0 bridgehead atoms. The molecule has 0 aliphatic carbocycles. The van der Waals surface area contributed by atoms with E-state index in [-0.39, 0.29) is 24.7 Å². The molecule has 1 aliphatic heterocycles. The van der Waals surface area contributed by atoms with Crippen molar-refractivity contribution in [3.8, 4) is 0 Å². The van der Waals surface area contributed by atoms with Crippen LogP contribution in [0.3, 0.4) is 0 Å². The SMILES string of the molecule is C=CC(=O)N1C[C@@H](Nc2ncccn2)[C@H](OCc2ccc(C(F)(F)F)cc2)C1. The van der Waals surface area contributed by atoms with E-state index in [1.807, 2.05) is 0 Å². The summed E-state index contributed by atoms with van der Waals surface area (Å²) in [5.41, 5.74) is -0.100. The lowest BCUT2D eigenvalue weighted by molar-refractivity contribution is -0.137. The average molecular weight is 392 g/mol. The third-order valence-corrected chi connectivity index (χ3v) is 4.38. The molecule has 1 aromatic carbocycles. The number of benzene rings is 1. The third kappa shape index (κ3) is 4.86. The number of ether oxygens (including phenoxy) is 1. The summed E-state index contributed by atoms with van der Waals surface area (Å²) in [5.74, 6) is 0.185. The fraction of sp³-hybridized carbons (Fsp3) is 0.316. The molecule has 1 N–H and O–H groups in total. The zero-order chi connectivity index (χ0) is 20.1. The second-order valence-corrected chi connectivity index (χ2v) is 6.31. The van der Waals surface area contributed by atoms with Crippen molar-refractivity contribution in [3.63, 3.8) is 0 Å². The Kier molecular flexibility index (Phi) is 5.93. The Morgan fingerprint density at radius 3 is 2.54 bits per heavy atom. The van der Waals surface area contributed by atoms with Gasteiger partial charge in [0, 0.05) is 25.5 Å². The Bertz CT molecular complexity index is 812. The van der Waals surface area contributed by atoms with Crippen molar-refractivity contribution in [2.45, 2.75) is 24.9 Å². The first kappa shape index (κ1) is 19.8. The predicted octanol–water partition coefficient (Wildman–Crippen LogP) is 2.89. The van der Waals surface area contributed by atoms with Crippen molar-refractivity contribution >= 4 is 11.9 Å². The molecule has 0 radical (unpaired) electrons. The molecule has 3 rings (SSSR count). The lowest BCUT2D eigenvalue weighted by Crippen LogP contribution is -2.35. The van der Waals surface area contributed by atoms with E-state index in [2.05, 4.69) is 21.9 Å². The zero-order valence-corrected chi connectivity index (χ0v) is 14.9. The van der Waals surface area contributed by atoms with Gasteiger partial charge in [-0.3, -0.25) is 4.79 Å². The van der Waals surface area contributed by atoms with E-state index in [0.29, 0.717) is 24.6 Å². The highest BCUT2D eigenvalue weighted by atomic mass is 19.4. The van der Waals surface area contributed by atoms with Gasteiger partial charge in [0.1, 0.15) is 0 Å². The number of alkyl halides is 3. The van der Waals surface area contributed by atoms with Gasteiger partial charge in [0.25, 0.3) is 0 Å². The molecule has 148 valence electrons. The molecule has 28 heavy (non-hydrogen) atoms. The number of aromatic nitrogens is 2. The number of hydrogen-bond donors (Lipinski definition) is 1. The molecule has 1 fully saturated rings. The van der Waals surface area contributed by atoms with Crippen LogP contribution in [0.2, 0.25) is 0 Å². The Morgan fingerprint density at radius 2 is 1.93 bits per heavy atom. The first-order chi connectivity index (χ1) is 13.4. The highest BCUT2D eigenvalue weighted by molar-refractivity contribution is 5.87. The number of likely N-dealkylation sites (tertiary alicyclic amines) is 1. The summed E-state index contributed by atoms with van der Waals surface area (Å²) < 4.78 is 43.9. The molecule has 1 saturated heterocycles. The monoisotopic (exact) mass is 392 g/mol. The average Bonchev–Trinajstić information content (AvgIpc) is 3.09. The second kappa shape index (κ2) is 8.39. The van der Waals surface area contributed by atoms with Gasteiger partial charge in [-0.15, -0.1) is 0 Å². The highest BCUT2D eigenvalue weighted by Gasteiger charge is 2.36. The van der Waals surface area contributed by atoms with Crippen LogP contribution in [0, 0.1) is 0 Å². The van der Waals surface area contributed by atoms with E-state index in [1.54, 1.807) is 23.4 Å². The summed E-state index contributed by atoms with van der Waals surface area (Å²) in [6.07, 6.45) is -0.339. The minimum absolute atomic E-state index is 0.118. The standard InChI is InChI=1S/C19H19F3N4O2/c1-2-17(27)26-10-15(25-18-23-8-3-9-24-18)16(11-26)28-12-13-4-6-14(7-5-13)19(20,21)22/h2-9,15-16H,1,10-12H2,(H,23,24,25)/t15-,16-/m1/s1. The van der Waals surface area contributed by atoms with Crippen molar-refractivity contribution in [3.05, 3.63) is 66.5 Å². The predicted molar refractivity (Wildman–Crippen MR) is 96.2 cm³/mol. The minimum atomic E-state index is -4.37. The fourth-order valence-electron chi connectivity index (χ4n) is 2.92. The normalized spacial score (nSPS) is 19.5. The van der Waals surface area contributed by atoms with Crippen LogP contribution in [0.1, 0.15) is 11.1 Å². The van der Waals surface area contributed by atoms with Crippen LogP contribution in [-0.4, -0.2) is 46.0 Å². The van der Waals surface area contributed by atoms with Crippen molar-refractivity contribution in [2.24, 2.45) is 0 Å². The maximum Gasteiger partial charge on any atom is 0.416 e. The van der Waals surface area contributed by atoms with E-state index in [0.717, 1.165) is 12.1 Å². The van der Waals surface area contributed by atoms with Crippen LogP contribution in [0.15, 0.2) is 55.4 Å². The number of rotatable bonds is 6. The first-order valence-electron chi connectivity index (χ1n) is 8.59. The molecule has 1 aromatic heterocycles. The van der Waals surface area contributed by atoms with Crippen LogP contribution < -0.4 is 5.32 Å². The van der Waals surface area contributed by atoms with Crippen molar-refractivity contribution < 1.29 is 22.7 Å². The van der Waals surface area contributed by atoms with Gasteiger partial charge in [0.15, 0.2) is 0 Å². The Hall–Kier alpha value is -2.94. The quantitative estimate of drug-likeness (QED) is 0.766. The lowest BCUT2D eigenvalue weighted by Gasteiger charge is -2.20. The molecule has 9 heteroatoms. The molecule has 1 aliphatic rings. The number of nitrogens with one attached hydrogen (secondary N) is 1. The molecule has 0 saturated carbocycles. The summed E-state index contributed by atoms with van der Waals surface area (Å²) >= 11 is 0. The molecule has 2 aromatic rings. The van der Waals surface area contributed by atoms with Crippen molar-refractivity contribution in [2.75, 3.05) is 18.4 Å². The summed E-state index contributed by atoms with van der Waals surface area (Å²) in [5, 5.41) is 3.14. The van der Waals surface area contributed by atoms with Gasteiger partial charge in [-0.2, -0.15) is 13.2 Å². The number of carbonyl (C=O) groups excluding carboxylic acids is 1. The Balaban J connectivity index is 1.66. The van der Waals surface area contributed by atoms with Crippen LogP contribution in [0.5, 0.6) is 0 Å². The number of carbonyl (C=O) groups is 1. The maximum atomic E-state index is 12.7. The van der Waals surface area contributed by atoms with Crippen LogP contribution in [0.4, 0.5) is 19.1 Å². The number of hydrogen-bond acceptors (Lipinski definition) is 5. The molecular weight excluding hydrogens is 373 g/mol. The lowest BCUT2D eigenvalue weighted by atomic mass is 10.1. The number of nitrogens with zero attached hydrogens (tertiary/aromatic N) is 3. The Morgan fingerprint density at radius 1 is 1.25 bits per heavy atom. The van der Waals surface area contributed by atoms with Gasteiger partial charge in [0.05, 0.1) is 24.3 Å². The smallest absolute Gasteiger partial charge is 0.369 e. The topological polar surface area (TPSA) is 67.4 Å². The molecule has 2 heterocycles. The summed E-state index contributed by atoms with van der Waals surface area (Å²) in [7, 11) is 0. The first-order valence-corrected chi connectivity index (χ1v) is 8.59. The van der Waals surface area contributed by atoms with Crippen LogP contribution in [0.25, 0.3) is 0 Å². The largest absolute Gasteiger partial charge is 0.416 e. The third-order valence-electron chi connectivity index (χ3n) is 4.38. The molecule has 1 amide bonds. The second-order valence-electron chi connectivity index (χ2n) is 6.31. The number of amides is 1. The zero-order valence-electron chi connectivity index (χ0n) is 14.9. The minimum Gasteiger partial charge on any atom is -0.369 e. The number of anilines is 1. The summed E-state index contributed by atoms with van der Waals surface area (Å²) in [6, 6.07) is 6.23. The van der Waals surface area contributed by atoms with E-state index in [9.17, 15) is 18.0 Å². The summed E-state index contributed by atoms with van der Waals surface area (Å²) in [4.78, 5) is 21.8. The van der Waals surface area contributed by atoms with Gasteiger partial charge < -0.3 is 15.0 Å². The van der Waals surface area contributed by atoms with Gasteiger partial charge in [0.2, 0.25) is 11.9 Å². The van der Waals surface area contributed by atoms with Gasteiger partial charge in [-0.05, 0) is 29.8 Å². The van der Waals surface area contributed by atoms with Gasteiger partial charge in [-0.1, -0.05) is 18.7 Å². The van der Waals surface area contributed by atoms with Crippen LogP contribution >= 0.6 is 0 Å². The van der Waals surface area contributed by atoms with E-state index in [1.165, 1.54) is 18.2 Å². The van der Waals surface area contributed by atoms with Crippen molar-refractivity contribution in [1.82, 2.24) is 14.9 Å². The van der Waals surface area contributed by atoms with Crippen molar-refractivity contribution in [1.29, 1.82) is 0 Å². The highest BCUT2D eigenvalue weighted by Crippen LogP contribution is 2.29. The van der Waals surface area contributed by atoms with E-state index >= 15 is 0 Å². The van der Waals surface area contributed by atoms with Crippen LogP contribution in [-0.2, 0) is 22.3 Å². The molecular formula is C19H19F3N4O2. The molecule has 6 nitrogen and oxygen atoms in total. The molecule has 0 unspecified atom stereocenters. The maximum absolute atomic E-state index is 12.7. The molecule has 0 spiro atoms. The number of halogens is 3. The molecule has 2 atom stereocenters. The van der Waals surface area contributed by atoms with E-state index < -0.39 is 11.7 Å². The van der Waals surface area contributed by atoms with Gasteiger partial charge >= 0.3 is 6.18 Å². The van der Waals surface area contributed by atoms with E-state index in [4.69, 9.17) is 4.74 Å². The Labute approximate surface area is 160 Å².